The molecule has 1 heterocycles. The quantitative estimate of drug-likeness (QED) is 0.600. The minimum Gasteiger partial charge on any atom is -0.309 e. The molecule has 1 amide bonds. The van der Waals surface area contributed by atoms with Crippen molar-refractivity contribution in [1.29, 1.82) is 0 Å². The van der Waals surface area contributed by atoms with Crippen LogP contribution in [0.5, 0.6) is 0 Å². The fraction of sp³-hybridized carbons (Fsp3) is 0.250. The molecule has 17 heavy (non-hydrogen) atoms. The Balaban J connectivity index is 2.38. The van der Waals surface area contributed by atoms with E-state index in [1.54, 1.807) is 6.08 Å². The van der Waals surface area contributed by atoms with E-state index in [-0.39, 0.29) is 17.5 Å². The van der Waals surface area contributed by atoms with Gasteiger partial charge < -0.3 is 4.90 Å². The highest BCUT2D eigenvalue weighted by atomic mass is 79.9. The maximum absolute atomic E-state index is 13.8. The Bertz CT molecular complexity index is 492. The Kier molecular flexibility index (Phi) is 3.54. The first-order valence-electron chi connectivity index (χ1n) is 5.10. The van der Waals surface area contributed by atoms with Crippen molar-refractivity contribution in [3.63, 3.8) is 0 Å². The molecule has 1 fully saturated rings. The lowest BCUT2D eigenvalue weighted by Crippen LogP contribution is -2.25. The standard InChI is InChI=1S/C12H10BrClFNO/c1-2-7-3-12(17)16(6-7)11-5-9(14)8(13)4-10(11)15/h2,4-5,7H,1,3,6H2. The van der Waals surface area contributed by atoms with Crippen LogP contribution in [0.2, 0.25) is 5.02 Å². The average molecular weight is 319 g/mol. The molecule has 1 aliphatic heterocycles. The number of nitrogens with zero attached hydrogens (tertiary/aromatic N) is 1. The van der Waals surface area contributed by atoms with Crippen molar-refractivity contribution in [2.24, 2.45) is 5.92 Å². The molecule has 1 aromatic carbocycles. The third kappa shape index (κ3) is 2.38. The van der Waals surface area contributed by atoms with Crippen molar-refractivity contribution in [2.75, 3.05) is 11.4 Å². The fourth-order valence-electron chi connectivity index (χ4n) is 1.84. The van der Waals surface area contributed by atoms with E-state index < -0.39 is 5.82 Å². The summed E-state index contributed by atoms with van der Waals surface area (Å²) in [5, 5.41) is 0.385. The topological polar surface area (TPSA) is 20.3 Å². The van der Waals surface area contributed by atoms with Gasteiger partial charge >= 0.3 is 0 Å². The molecular weight excluding hydrogens is 308 g/mol. The molecule has 0 spiro atoms. The summed E-state index contributed by atoms with van der Waals surface area (Å²) in [6, 6.07) is 2.73. The van der Waals surface area contributed by atoms with Crippen molar-refractivity contribution in [2.45, 2.75) is 6.42 Å². The van der Waals surface area contributed by atoms with Gasteiger partial charge in [0, 0.05) is 23.4 Å². The Morgan fingerprint density at radius 3 is 2.88 bits per heavy atom. The average Bonchev–Trinajstić information content (AvgIpc) is 2.65. The molecule has 90 valence electrons. The van der Waals surface area contributed by atoms with Crippen LogP contribution in [0.25, 0.3) is 0 Å². The molecule has 1 aromatic rings. The highest BCUT2D eigenvalue weighted by Crippen LogP contribution is 2.33. The van der Waals surface area contributed by atoms with Gasteiger partial charge in [-0.15, -0.1) is 6.58 Å². The summed E-state index contributed by atoms with van der Waals surface area (Å²) in [6.45, 7) is 4.11. The van der Waals surface area contributed by atoms with Crippen LogP contribution in [0.15, 0.2) is 29.3 Å². The number of hydrogen-bond donors (Lipinski definition) is 0. The molecule has 0 saturated carbocycles. The van der Waals surface area contributed by atoms with E-state index in [0.29, 0.717) is 22.5 Å². The fourth-order valence-corrected chi connectivity index (χ4v) is 2.32. The van der Waals surface area contributed by atoms with Crippen LogP contribution < -0.4 is 4.90 Å². The van der Waals surface area contributed by atoms with Gasteiger partial charge in [0.25, 0.3) is 0 Å². The number of hydrogen-bond acceptors (Lipinski definition) is 1. The maximum Gasteiger partial charge on any atom is 0.227 e. The minimum atomic E-state index is -0.459. The minimum absolute atomic E-state index is 0.0734. The SMILES string of the molecule is C=CC1CC(=O)N(c2cc(Cl)c(Br)cc2F)C1. The lowest BCUT2D eigenvalue weighted by molar-refractivity contribution is -0.117. The highest BCUT2D eigenvalue weighted by molar-refractivity contribution is 9.10. The zero-order valence-electron chi connectivity index (χ0n) is 8.92. The molecule has 1 unspecified atom stereocenters. The molecule has 5 heteroatoms. The van der Waals surface area contributed by atoms with Gasteiger partial charge in [-0.1, -0.05) is 17.7 Å². The van der Waals surface area contributed by atoms with Crippen molar-refractivity contribution in [1.82, 2.24) is 0 Å². The summed E-state index contributed by atoms with van der Waals surface area (Å²) in [5.41, 5.74) is 0.229. The molecule has 0 radical (unpaired) electrons. The van der Waals surface area contributed by atoms with Gasteiger partial charge in [0.1, 0.15) is 5.82 Å². The molecule has 2 rings (SSSR count). The van der Waals surface area contributed by atoms with Crippen LogP contribution in [-0.2, 0) is 4.79 Å². The second-order valence-corrected chi connectivity index (χ2v) is 5.18. The van der Waals surface area contributed by atoms with E-state index in [9.17, 15) is 9.18 Å². The summed E-state index contributed by atoms with van der Waals surface area (Å²) in [6.07, 6.45) is 2.09. The molecule has 2 nitrogen and oxygen atoms in total. The maximum atomic E-state index is 13.8. The van der Waals surface area contributed by atoms with Crippen LogP contribution in [0, 0.1) is 11.7 Å². The number of benzene rings is 1. The van der Waals surface area contributed by atoms with E-state index in [1.807, 2.05) is 0 Å². The summed E-state index contributed by atoms with van der Waals surface area (Å²) >= 11 is 9.05. The third-order valence-electron chi connectivity index (χ3n) is 2.77. The van der Waals surface area contributed by atoms with Crippen LogP contribution in [0.3, 0.4) is 0 Å². The van der Waals surface area contributed by atoms with Crippen molar-refractivity contribution in [3.8, 4) is 0 Å². The summed E-state index contributed by atoms with van der Waals surface area (Å²) in [5.74, 6) is -0.490. The second-order valence-electron chi connectivity index (χ2n) is 3.92. The first-order chi connectivity index (χ1) is 8.02. The Labute approximate surface area is 112 Å². The first-order valence-corrected chi connectivity index (χ1v) is 6.27. The first kappa shape index (κ1) is 12.6. The largest absolute Gasteiger partial charge is 0.309 e. The lowest BCUT2D eigenvalue weighted by atomic mass is 10.1. The van der Waals surface area contributed by atoms with E-state index in [4.69, 9.17) is 11.6 Å². The normalized spacial score (nSPS) is 19.8. The van der Waals surface area contributed by atoms with Gasteiger partial charge in [0.05, 0.1) is 10.7 Å². The van der Waals surface area contributed by atoms with E-state index >= 15 is 0 Å². The zero-order chi connectivity index (χ0) is 12.6. The number of anilines is 1. The van der Waals surface area contributed by atoms with Crippen LogP contribution in [0.4, 0.5) is 10.1 Å². The van der Waals surface area contributed by atoms with Gasteiger partial charge in [-0.25, -0.2) is 4.39 Å². The monoisotopic (exact) mass is 317 g/mol. The molecule has 1 atom stereocenters. The van der Waals surface area contributed by atoms with Gasteiger partial charge in [-0.3, -0.25) is 4.79 Å². The third-order valence-corrected chi connectivity index (χ3v) is 3.97. The van der Waals surface area contributed by atoms with Gasteiger partial charge in [0.2, 0.25) is 5.91 Å². The lowest BCUT2D eigenvalue weighted by Gasteiger charge is -2.17. The van der Waals surface area contributed by atoms with Crippen LogP contribution in [-0.4, -0.2) is 12.5 Å². The van der Waals surface area contributed by atoms with Crippen LogP contribution in [0.1, 0.15) is 6.42 Å². The van der Waals surface area contributed by atoms with E-state index in [2.05, 4.69) is 22.5 Å². The molecule has 1 aliphatic rings. The molecule has 0 N–H and O–H groups in total. The number of carbonyl (C=O) groups is 1. The molecule has 1 saturated heterocycles. The Morgan fingerprint density at radius 2 is 2.29 bits per heavy atom. The van der Waals surface area contributed by atoms with Gasteiger partial charge in [-0.2, -0.15) is 0 Å². The zero-order valence-corrected chi connectivity index (χ0v) is 11.3. The second kappa shape index (κ2) is 4.78. The van der Waals surface area contributed by atoms with Crippen molar-refractivity contribution < 1.29 is 9.18 Å². The molecule has 0 aromatic heterocycles. The summed E-state index contributed by atoms with van der Waals surface area (Å²) in [4.78, 5) is 13.2. The van der Waals surface area contributed by atoms with Gasteiger partial charge in [0.15, 0.2) is 0 Å². The van der Waals surface area contributed by atoms with Crippen LogP contribution >= 0.6 is 27.5 Å². The molecule has 0 aliphatic carbocycles. The summed E-state index contributed by atoms with van der Waals surface area (Å²) in [7, 11) is 0. The predicted molar refractivity (Wildman–Crippen MR) is 69.8 cm³/mol. The van der Waals surface area contributed by atoms with E-state index in [1.165, 1.54) is 17.0 Å². The number of carbonyl (C=O) groups excluding carboxylic acids is 1. The van der Waals surface area contributed by atoms with Crippen molar-refractivity contribution in [3.05, 3.63) is 40.1 Å². The Hall–Kier alpha value is -0.870. The molecule has 0 bridgehead atoms. The number of halogens is 3. The highest BCUT2D eigenvalue weighted by Gasteiger charge is 2.30. The van der Waals surface area contributed by atoms with Gasteiger partial charge in [-0.05, 0) is 28.1 Å². The van der Waals surface area contributed by atoms with E-state index in [0.717, 1.165) is 0 Å². The number of rotatable bonds is 2. The summed E-state index contributed by atoms with van der Waals surface area (Å²) < 4.78 is 14.3. The van der Waals surface area contributed by atoms with Crippen molar-refractivity contribution >= 4 is 39.1 Å². The predicted octanol–water partition coefficient (Wildman–Crippen LogP) is 3.78. The Morgan fingerprint density at radius 1 is 1.59 bits per heavy atom. The molecular formula is C12H10BrClFNO. The number of amides is 1. The smallest absolute Gasteiger partial charge is 0.227 e.